The molecule has 0 aromatic carbocycles. The summed E-state index contributed by atoms with van der Waals surface area (Å²) in [6.07, 6.45) is 1.34. The van der Waals surface area contributed by atoms with Crippen molar-refractivity contribution in [2.45, 2.75) is 26.6 Å². The summed E-state index contributed by atoms with van der Waals surface area (Å²) < 4.78 is 5.04. The average Bonchev–Trinajstić information content (AvgIpc) is 2.47. The van der Waals surface area contributed by atoms with Gasteiger partial charge in [0.25, 0.3) is 5.89 Å². The largest absolute Gasteiger partial charge is 0.438 e. The van der Waals surface area contributed by atoms with Gasteiger partial charge in [0.2, 0.25) is 0 Å². The van der Waals surface area contributed by atoms with Crippen molar-refractivity contribution in [3.63, 3.8) is 0 Å². The molecule has 0 saturated carbocycles. The zero-order valence-electron chi connectivity index (χ0n) is 8.84. The van der Waals surface area contributed by atoms with Crippen LogP contribution in [0.3, 0.4) is 0 Å². The molecule has 1 heterocycles. The standard InChI is InChI=1S/C10H13NO2Si/c1-8(12)9-7-13-10(11-9)5-6-14(2,3)4/h7H,1-4H3. The van der Waals surface area contributed by atoms with Crippen molar-refractivity contribution < 1.29 is 9.21 Å². The third kappa shape index (κ3) is 3.19. The van der Waals surface area contributed by atoms with E-state index in [9.17, 15) is 4.79 Å². The summed E-state index contributed by atoms with van der Waals surface area (Å²) >= 11 is 0. The van der Waals surface area contributed by atoms with Gasteiger partial charge < -0.3 is 4.42 Å². The fourth-order valence-electron chi connectivity index (χ4n) is 0.734. The molecule has 3 nitrogen and oxygen atoms in total. The highest BCUT2D eigenvalue weighted by atomic mass is 28.3. The summed E-state index contributed by atoms with van der Waals surface area (Å²) in [6, 6.07) is 0. The molecule has 0 aliphatic heterocycles. The highest BCUT2D eigenvalue weighted by molar-refractivity contribution is 6.83. The van der Waals surface area contributed by atoms with E-state index in [1.54, 1.807) is 0 Å². The monoisotopic (exact) mass is 207 g/mol. The molecule has 0 amide bonds. The fourth-order valence-corrected chi connectivity index (χ4v) is 1.22. The Morgan fingerprint density at radius 1 is 1.50 bits per heavy atom. The Morgan fingerprint density at radius 3 is 2.57 bits per heavy atom. The normalized spacial score (nSPS) is 10.6. The molecule has 4 heteroatoms. The van der Waals surface area contributed by atoms with Crippen molar-refractivity contribution in [1.82, 2.24) is 4.98 Å². The zero-order chi connectivity index (χ0) is 10.8. The third-order valence-corrected chi connectivity index (χ3v) is 2.28. The quantitative estimate of drug-likeness (QED) is 0.402. The van der Waals surface area contributed by atoms with Gasteiger partial charge in [0.15, 0.2) is 5.78 Å². The van der Waals surface area contributed by atoms with Gasteiger partial charge in [-0.3, -0.25) is 4.79 Å². The SMILES string of the molecule is CC(=O)c1coc(C#C[Si](C)(C)C)n1. The Labute approximate surface area is 84.5 Å². The molecule has 74 valence electrons. The lowest BCUT2D eigenvalue weighted by Gasteiger charge is -2.01. The van der Waals surface area contributed by atoms with Crippen LogP contribution in [-0.4, -0.2) is 18.8 Å². The minimum Gasteiger partial charge on any atom is -0.438 e. The van der Waals surface area contributed by atoms with Crippen LogP contribution in [-0.2, 0) is 0 Å². The van der Waals surface area contributed by atoms with Crippen LogP contribution in [0.4, 0.5) is 0 Å². The van der Waals surface area contributed by atoms with E-state index in [0.717, 1.165) is 0 Å². The highest BCUT2D eigenvalue weighted by Gasteiger charge is 2.09. The smallest absolute Gasteiger partial charge is 0.273 e. The van der Waals surface area contributed by atoms with Gasteiger partial charge in [-0.25, -0.2) is 0 Å². The predicted octanol–water partition coefficient (Wildman–Crippen LogP) is 2.11. The van der Waals surface area contributed by atoms with Gasteiger partial charge in [0.05, 0.1) is 0 Å². The second-order valence-electron chi connectivity index (χ2n) is 4.09. The van der Waals surface area contributed by atoms with Gasteiger partial charge >= 0.3 is 0 Å². The Morgan fingerprint density at radius 2 is 2.14 bits per heavy atom. The second kappa shape index (κ2) is 3.80. The Kier molecular flexibility index (Phi) is 2.92. The Bertz CT molecular complexity index is 404. The number of ketones is 1. The van der Waals surface area contributed by atoms with Crippen LogP contribution in [0.5, 0.6) is 0 Å². The number of Topliss-reactive ketones (excluding diaryl/α,β-unsaturated/α-hetero) is 1. The number of oxazole rings is 1. The number of rotatable bonds is 1. The predicted molar refractivity (Wildman–Crippen MR) is 56.7 cm³/mol. The molecular weight excluding hydrogens is 194 g/mol. The molecule has 0 aliphatic carbocycles. The average molecular weight is 207 g/mol. The van der Waals surface area contributed by atoms with E-state index in [1.807, 2.05) is 0 Å². The van der Waals surface area contributed by atoms with Gasteiger partial charge in [0, 0.05) is 6.92 Å². The molecule has 0 bridgehead atoms. The molecule has 0 N–H and O–H groups in total. The van der Waals surface area contributed by atoms with E-state index in [4.69, 9.17) is 4.42 Å². The van der Waals surface area contributed by atoms with Crippen molar-refractivity contribution in [2.75, 3.05) is 0 Å². The van der Waals surface area contributed by atoms with Crippen molar-refractivity contribution in [2.24, 2.45) is 0 Å². The maximum absolute atomic E-state index is 10.9. The summed E-state index contributed by atoms with van der Waals surface area (Å²) in [5, 5.41) is 0. The molecule has 0 fully saturated rings. The maximum atomic E-state index is 10.9. The molecule has 14 heavy (non-hydrogen) atoms. The van der Waals surface area contributed by atoms with E-state index in [1.165, 1.54) is 13.2 Å². The van der Waals surface area contributed by atoms with Crippen molar-refractivity contribution in [3.05, 3.63) is 17.8 Å². The summed E-state index contributed by atoms with van der Waals surface area (Å²) in [7, 11) is -1.40. The van der Waals surface area contributed by atoms with Crippen molar-refractivity contribution in [1.29, 1.82) is 0 Å². The zero-order valence-corrected chi connectivity index (χ0v) is 9.84. The lowest BCUT2D eigenvalue weighted by Crippen LogP contribution is -2.16. The minimum absolute atomic E-state index is 0.102. The summed E-state index contributed by atoms with van der Waals surface area (Å²) in [5.74, 6) is 3.07. The van der Waals surface area contributed by atoms with Crippen LogP contribution < -0.4 is 0 Å². The van der Waals surface area contributed by atoms with Gasteiger partial charge in [0.1, 0.15) is 20.0 Å². The lowest BCUT2D eigenvalue weighted by atomic mass is 10.3. The van der Waals surface area contributed by atoms with Crippen LogP contribution >= 0.6 is 0 Å². The topological polar surface area (TPSA) is 43.1 Å². The molecule has 0 atom stereocenters. The van der Waals surface area contributed by atoms with E-state index in [0.29, 0.717) is 11.6 Å². The summed E-state index contributed by atoms with van der Waals surface area (Å²) in [6.45, 7) is 7.85. The number of aromatic nitrogens is 1. The highest BCUT2D eigenvalue weighted by Crippen LogP contribution is 2.02. The molecule has 1 rings (SSSR count). The summed E-state index contributed by atoms with van der Waals surface area (Å²) in [4.78, 5) is 14.8. The lowest BCUT2D eigenvalue weighted by molar-refractivity contribution is 0.101. The molecule has 0 radical (unpaired) electrons. The van der Waals surface area contributed by atoms with Crippen molar-refractivity contribution >= 4 is 13.9 Å². The number of hydrogen-bond donors (Lipinski definition) is 0. The fraction of sp³-hybridized carbons (Fsp3) is 0.400. The van der Waals surface area contributed by atoms with Crippen LogP contribution in [0.15, 0.2) is 10.7 Å². The van der Waals surface area contributed by atoms with Crippen LogP contribution in [0.25, 0.3) is 0 Å². The van der Waals surface area contributed by atoms with E-state index in [2.05, 4.69) is 36.1 Å². The van der Waals surface area contributed by atoms with Gasteiger partial charge in [-0.15, -0.1) is 5.54 Å². The molecular formula is C10H13NO2Si. The molecule has 1 aromatic rings. The Hall–Kier alpha value is -1.34. The van der Waals surface area contributed by atoms with Crippen LogP contribution in [0, 0.1) is 11.5 Å². The van der Waals surface area contributed by atoms with Crippen molar-refractivity contribution in [3.8, 4) is 11.5 Å². The first-order chi connectivity index (χ1) is 6.38. The number of nitrogens with zero attached hydrogens (tertiary/aromatic N) is 1. The van der Waals surface area contributed by atoms with Gasteiger partial charge in [-0.1, -0.05) is 19.6 Å². The molecule has 0 unspecified atom stereocenters. The van der Waals surface area contributed by atoms with E-state index >= 15 is 0 Å². The first-order valence-electron chi connectivity index (χ1n) is 4.38. The molecule has 0 spiro atoms. The number of carbonyl (C=O) groups is 1. The van der Waals surface area contributed by atoms with Gasteiger partial charge in [-0.2, -0.15) is 4.98 Å². The summed E-state index contributed by atoms with van der Waals surface area (Å²) in [5.41, 5.74) is 3.45. The number of hydrogen-bond acceptors (Lipinski definition) is 3. The first-order valence-corrected chi connectivity index (χ1v) is 7.88. The van der Waals surface area contributed by atoms with Gasteiger partial charge in [-0.05, 0) is 5.92 Å². The number of carbonyl (C=O) groups excluding carboxylic acids is 1. The first kappa shape index (κ1) is 10.7. The maximum Gasteiger partial charge on any atom is 0.273 e. The second-order valence-corrected chi connectivity index (χ2v) is 8.84. The van der Waals surface area contributed by atoms with E-state index < -0.39 is 8.07 Å². The Balaban J connectivity index is 2.87. The minimum atomic E-state index is -1.40. The van der Waals surface area contributed by atoms with Crippen LogP contribution in [0.2, 0.25) is 19.6 Å². The molecule has 0 aliphatic rings. The third-order valence-electron chi connectivity index (χ3n) is 1.41. The van der Waals surface area contributed by atoms with Crippen LogP contribution in [0.1, 0.15) is 23.3 Å². The molecule has 0 saturated heterocycles. The molecule has 1 aromatic heterocycles. The van der Waals surface area contributed by atoms with E-state index in [-0.39, 0.29) is 5.78 Å².